The molecule has 0 bridgehead atoms. The monoisotopic (exact) mass is 472 g/mol. The summed E-state index contributed by atoms with van der Waals surface area (Å²) in [7, 11) is -2.39. The Balaban J connectivity index is 1.85. The summed E-state index contributed by atoms with van der Waals surface area (Å²) in [5.74, 6) is 0.313. The van der Waals surface area contributed by atoms with Crippen molar-refractivity contribution in [3.63, 3.8) is 0 Å². The van der Waals surface area contributed by atoms with Gasteiger partial charge in [-0.2, -0.15) is 0 Å². The lowest BCUT2D eigenvalue weighted by atomic mass is 10.0. The number of benzene rings is 3. The molecule has 0 radical (unpaired) electrons. The summed E-state index contributed by atoms with van der Waals surface area (Å²) >= 11 is 5.91. The van der Waals surface area contributed by atoms with Gasteiger partial charge < -0.3 is 10.1 Å². The Morgan fingerprint density at radius 1 is 1.00 bits per heavy atom. The van der Waals surface area contributed by atoms with Gasteiger partial charge in [-0.05, 0) is 60.5 Å². The number of anilines is 1. The van der Waals surface area contributed by atoms with E-state index in [-0.39, 0.29) is 17.5 Å². The van der Waals surface area contributed by atoms with Crippen molar-refractivity contribution < 1.29 is 17.9 Å². The zero-order chi connectivity index (χ0) is 23.1. The molecule has 32 heavy (non-hydrogen) atoms. The first-order valence-electron chi connectivity index (χ1n) is 10.1. The van der Waals surface area contributed by atoms with Crippen LogP contribution in [0.25, 0.3) is 0 Å². The maximum Gasteiger partial charge on any atom is 0.264 e. The predicted octanol–water partition coefficient (Wildman–Crippen LogP) is 4.81. The van der Waals surface area contributed by atoms with Crippen molar-refractivity contribution in [2.24, 2.45) is 0 Å². The average Bonchev–Trinajstić information content (AvgIpc) is 2.82. The fraction of sp³-hybridized carbons (Fsp3) is 0.208. The zero-order valence-electron chi connectivity index (χ0n) is 17.9. The molecule has 0 saturated carbocycles. The molecule has 3 rings (SSSR count). The van der Waals surface area contributed by atoms with E-state index in [9.17, 15) is 13.2 Å². The van der Waals surface area contributed by atoms with Crippen LogP contribution in [0.15, 0.2) is 83.8 Å². The van der Waals surface area contributed by atoms with Crippen LogP contribution in [0.3, 0.4) is 0 Å². The molecular weight excluding hydrogens is 448 g/mol. The third-order valence-electron chi connectivity index (χ3n) is 4.99. The van der Waals surface area contributed by atoms with E-state index >= 15 is 0 Å². The van der Waals surface area contributed by atoms with Crippen LogP contribution >= 0.6 is 11.6 Å². The number of methoxy groups -OCH3 is 1. The molecule has 0 aliphatic carbocycles. The Kier molecular flexibility index (Phi) is 7.77. The number of carbonyl (C=O) groups is 1. The van der Waals surface area contributed by atoms with Crippen LogP contribution in [0.4, 0.5) is 5.69 Å². The fourth-order valence-electron chi connectivity index (χ4n) is 3.27. The lowest BCUT2D eigenvalue weighted by molar-refractivity contribution is -0.120. The van der Waals surface area contributed by atoms with Gasteiger partial charge in [0.05, 0.1) is 23.7 Å². The number of ether oxygens (including phenoxy) is 1. The highest BCUT2D eigenvalue weighted by Crippen LogP contribution is 2.25. The second kappa shape index (κ2) is 10.5. The summed E-state index contributed by atoms with van der Waals surface area (Å²) in [6.07, 6.45) is 0.646. The highest BCUT2D eigenvalue weighted by atomic mass is 35.5. The van der Waals surface area contributed by atoms with E-state index in [1.54, 1.807) is 37.4 Å². The standard InChI is InChI=1S/C24H25ClN2O4S/c1-3-23(18-9-13-21(31-2)14-10-18)26-24(28)17-27(20-7-5-4-6-8-20)32(29,30)22-15-11-19(25)12-16-22/h4-16,23H,3,17H2,1-2H3,(H,26,28)/t23-/m0/s1. The van der Waals surface area contributed by atoms with Gasteiger partial charge in [0.25, 0.3) is 10.0 Å². The van der Waals surface area contributed by atoms with Gasteiger partial charge in [0.2, 0.25) is 5.91 Å². The van der Waals surface area contributed by atoms with Crippen LogP contribution in [-0.2, 0) is 14.8 Å². The van der Waals surface area contributed by atoms with Crippen LogP contribution in [0.2, 0.25) is 5.02 Å². The molecule has 3 aromatic carbocycles. The molecule has 0 spiro atoms. The van der Waals surface area contributed by atoms with E-state index in [2.05, 4.69) is 5.32 Å². The largest absolute Gasteiger partial charge is 0.497 e. The van der Waals surface area contributed by atoms with E-state index in [0.717, 1.165) is 15.6 Å². The summed E-state index contributed by atoms with van der Waals surface area (Å²) in [5.41, 5.74) is 1.31. The van der Waals surface area contributed by atoms with E-state index in [1.807, 2.05) is 31.2 Å². The number of sulfonamides is 1. The lowest BCUT2D eigenvalue weighted by Crippen LogP contribution is -2.42. The van der Waals surface area contributed by atoms with Crippen molar-refractivity contribution in [3.8, 4) is 5.75 Å². The summed E-state index contributed by atoms with van der Waals surface area (Å²) in [6, 6.07) is 21.6. The SMILES string of the molecule is CC[C@H](NC(=O)CN(c1ccccc1)S(=O)(=O)c1ccc(Cl)cc1)c1ccc(OC)cc1. The predicted molar refractivity (Wildman–Crippen MR) is 127 cm³/mol. The maximum absolute atomic E-state index is 13.4. The Morgan fingerprint density at radius 3 is 2.19 bits per heavy atom. The number of nitrogens with one attached hydrogen (secondary N) is 1. The fourth-order valence-corrected chi connectivity index (χ4v) is 4.82. The third kappa shape index (κ3) is 5.60. The van der Waals surface area contributed by atoms with Gasteiger partial charge in [0.15, 0.2) is 0 Å². The normalized spacial score (nSPS) is 12.1. The first-order chi connectivity index (χ1) is 15.3. The first kappa shape index (κ1) is 23.6. The maximum atomic E-state index is 13.4. The van der Waals surface area contributed by atoms with Crippen LogP contribution in [0, 0.1) is 0 Å². The van der Waals surface area contributed by atoms with Crippen LogP contribution in [0.5, 0.6) is 5.75 Å². The summed E-state index contributed by atoms with van der Waals surface area (Å²) in [6.45, 7) is 1.59. The molecule has 3 aromatic rings. The zero-order valence-corrected chi connectivity index (χ0v) is 19.4. The third-order valence-corrected chi connectivity index (χ3v) is 7.03. The Morgan fingerprint density at radius 2 is 1.62 bits per heavy atom. The molecule has 0 heterocycles. The van der Waals surface area contributed by atoms with Crippen LogP contribution in [-0.4, -0.2) is 28.0 Å². The molecule has 6 nitrogen and oxygen atoms in total. The summed E-state index contributed by atoms with van der Waals surface area (Å²) in [4.78, 5) is 13.0. The second-order valence-electron chi connectivity index (χ2n) is 7.10. The number of hydrogen-bond donors (Lipinski definition) is 1. The summed E-state index contributed by atoms with van der Waals surface area (Å²) in [5, 5.41) is 3.38. The van der Waals surface area contributed by atoms with Crippen LogP contribution < -0.4 is 14.4 Å². The lowest BCUT2D eigenvalue weighted by Gasteiger charge is -2.25. The smallest absolute Gasteiger partial charge is 0.264 e. The molecule has 168 valence electrons. The van der Waals surface area contributed by atoms with Gasteiger partial charge in [-0.25, -0.2) is 8.42 Å². The van der Waals surface area contributed by atoms with Gasteiger partial charge in [0.1, 0.15) is 12.3 Å². The minimum absolute atomic E-state index is 0.0562. The molecule has 8 heteroatoms. The molecule has 0 unspecified atom stereocenters. The van der Waals surface area contributed by atoms with E-state index < -0.39 is 15.9 Å². The number of amides is 1. The van der Waals surface area contributed by atoms with Gasteiger partial charge in [-0.15, -0.1) is 0 Å². The average molecular weight is 473 g/mol. The number of rotatable bonds is 9. The molecule has 1 amide bonds. The Hall–Kier alpha value is -3.03. The molecular formula is C24H25ClN2O4S. The second-order valence-corrected chi connectivity index (χ2v) is 9.40. The van der Waals surface area contributed by atoms with Crippen molar-refractivity contribution >= 4 is 33.2 Å². The van der Waals surface area contributed by atoms with Crippen molar-refractivity contribution in [2.75, 3.05) is 18.0 Å². The van der Waals surface area contributed by atoms with Gasteiger partial charge >= 0.3 is 0 Å². The van der Waals surface area contributed by atoms with Gasteiger partial charge in [-0.1, -0.05) is 48.9 Å². The van der Waals surface area contributed by atoms with Crippen molar-refractivity contribution in [1.29, 1.82) is 0 Å². The summed E-state index contributed by atoms with van der Waals surface area (Å²) < 4.78 is 33.0. The van der Waals surface area contributed by atoms with Crippen molar-refractivity contribution in [1.82, 2.24) is 5.32 Å². The number of para-hydroxylation sites is 1. The number of carbonyl (C=O) groups excluding carboxylic acids is 1. The van der Waals surface area contributed by atoms with Crippen LogP contribution in [0.1, 0.15) is 24.9 Å². The number of halogens is 1. The van der Waals surface area contributed by atoms with Crippen molar-refractivity contribution in [3.05, 3.63) is 89.4 Å². The molecule has 1 N–H and O–H groups in total. The quantitative estimate of drug-likeness (QED) is 0.484. The molecule has 0 aliphatic heterocycles. The molecule has 0 saturated heterocycles. The molecule has 0 fully saturated rings. The Bertz CT molecular complexity index is 1130. The molecule has 0 aliphatic rings. The van der Waals surface area contributed by atoms with E-state index in [1.165, 1.54) is 24.3 Å². The molecule has 0 aromatic heterocycles. The van der Waals surface area contributed by atoms with Gasteiger partial charge in [-0.3, -0.25) is 9.10 Å². The number of nitrogens with zero attached hydrogens (tertiary/aromatic N) is 1. The minimum Gasteiger partial charge on any atom is -0.497 e. The van der Waals surface area contributed by atoms with Crippen molar-refractivity contribution in [2.45, 2.75) is 24.3 Å². The minimum atomic E-state index is -3.98. The van der Waals surface area contributed by atoms with Gasteiger partial charge in [0, 0.05) is 5.02 Å². The van der Waals surface area contributed by atoms with E-state index in [4.69, 9.17) is 16.3 Å². The number of hydrogen-bond acceptors (Lipinski definition) is 4. The molecule has 1 atom stereocenters. The van der Waals surface area contributed by atoms with E-state index in [0.29, 0.717) is 17.1 Å². The first-order valence-corrected chi connectivity index (χ1v) is 11.9. The topological polar surface area (TPSA) is 75.7 Å². The highest BCUT2D eigenvalue weighted by Gasteiger charge is 2.28. The highest BCUT2D eigenvalue weighted by molar-refractivity contribution is 7.92. The Labute approximate surface area is 193 Å².